The maximum atomic E-state index is 12.0. The lowest BCUT2D eigenvalue weighted by molar-refractivity contribution is 0.0937. The zero-order chi connectivity index (χ0) is 15.8. The fourth-order valence-corrected chi connectivity index (χ4v) is 3.68. The predicted octanol–water partition coefficient (Wildman–Crippen LogP) is 2.06. The van der Waals surface area contributed by atoms with Crippen LogP contribution in [0.25, 0.3) is 0 Å². The zero-order valence-corrected chi connectivity index (χ0v) is 13.8. The SMILES string of the molecule is Cc1csc(CN2CCCC2c2nc(C(=O)NC3CC3)no2)n1. The third kappa shape index (κ3) is 3.28. The molecule has 8 heteroatoms. The van der Waals surface area contributed by atoms with Crippen LogP contribution in [-0.2, 0) is 6.54 Å². The van der Waals surface area contributed by atoms with Gasteiger partial charge in [0.1, 0.15) is 5.01 Å². The number of aryl methyl sites for hydroxylation is 1. The van der Waals surface area contributed by atoms with E-state index in [1.807, 2.05) is 6.92 Å². The number of nitrogens with one attached hydrogen (secondary N) is 1. The van der Waals surface area contributed by atoms with Crippen molar-refractivity contribution in [1.29, 1.82) is 0 Å². The van der Waals surface area contributed by atoms with Crippen LogP contribution in [-0.4, -0.2) is 38.5 Å². The molecule has 2 aromatic rings. The molecule has 2 fully saturated rings. The maximum Gasteiger partial charge on any atom is 0.292 e. The quantitative estimate of drug-likeness (QED) is 0.902. The van der Waals surface area contributed by atoms with Crippen LogP contribution in [0, 0.1) is 6.92 Å². The number of hydrogen-bond donors (Lipinski definition) is 1. The smallest absolute Gasteiger partial charge is 0.292 e. The number of rotatable bonds is 5. The zero-order valence-electron chi connectivity index (χ0n) is 13.0. The molecule has 1 amide bonds. The molecule has 3 heterocycles. The highest BCUT2D eigenvalue weighted by molar-refractivity contribution is 7.09. The molecule has 1 atom stereocenters. The Hall–Kier alpha value is -1.80. The normalized spacial score (nSPS) is 21.7. The fraction of sp³-hybridized carbons (Fsp3) is 0.600. The van der Waals surface area contributed by atoms with Gasteiger partial charge in [0, 0.05) is 17.1 Å². The second kappa shape index (κ2) is 6.01. The molecule has 1 saturated carbocycles. The van der Waals surface area contributed by atoms with Crippen molar-refractivity contribution in [2.24, 2.45) is 0 Å². The van der Waals surface area contributed by atoms with Crippen LogP contribution in [0.3, 0.4) is 0 Å². The molecular weight excluding hydrogens is 314 g/mol. The van der Waals surface area contributed by atoms with Crippen molar-refractivity contribution in [3.63, 3.8) is 0 Å². The van der Waals surface area contributed by atoms with Crippen LogP contribution in [0.2, 0.25) is 0 Å². The van der Waals surface area contributed by atoms with Crippen LogP contribution < -0.4 is 5.32 Å². The van der Waals surface area contributed by atoms with Gasteiger partial charge in [-0.15, -0.1) is 11.3 Å². The van der Waals surface area contributed by atoms with Crippen molar-refractivity contribution < 1.29 is 9.32 Å². The van der Waals surface area contributed by atoms with Gasteiger partial charge in [-0.2, -0.15) is 4.98 Å². The first-order valence-corrected chi connectivity index (χ1v) is 8.86. The van der Waals surface area contributed by atoms with Crippen molar-refractivity contribution in [2.75, 3.05) is 6.54 Å². The lowest BCUT2D eigenvalue weighted by atomic mass is 10.2. The summed E-state index contributed by atoms with van der Waals surface area (Å²) in [6.07, 6.45) is 4.14. The average Bonchev–Trinajstić information content (AvgIpc) is 2.96. The van der Waals surface area contributed by atoms with Gasteiger partial charge < -0.3 is 9.84 Å². The van der Waals surface area contributed by atoms with Gasteiger partial charge >= 0.3 is 0 Å². The Balaban J connectivity index is 1.45. The summed E-state index contributed by atoms with van der Waals surface area (Å²) in [4.78, 5) is 23.1. The van der Waals surface area contributed by atoms with Crippen LogP contribution >= 0.6 is 11.3 Å². The van der Waals surface area contributed by atoms with Crippen LogP contribution in [0.4, 0.5) is 0 Å². The molecule has 122 valence electrons. The fourth-order valence-electron chi connectivity index (χ4n) is 2.88. The van der Waals surface area contributed by atoms with Crippen molar-refractivity contribution in [3.8, 4) is 0 Å². The molecule has 1 saturated heterocycles. The first-order chi connectivity index (χ1) is 11.2. The van der Waals surface area contributed by atoms with E-state index in [-0.39, 0.29) is 17.8 Å². The molecule has 2 aliphatic rings. The van der Waals surface area contributed by atoms with Crippen molar-refractivity contribution in [3.05, 3.63) is 27.8 Å². The first kappa shape index (κ1) is 14.8. The Bertz CT molecular complexity index is 708. The van der Waals surface area contributed by atoms with E-state index < -0.39 is 0 Å². The summed E-state index contributed by atoms with van der Waals surface area (Å²) < 4.78 is 5.36. The molecule has 0 aromatic carbocycles. The number of amides is 1. The molecule has 1 unspecified atom stereocenters. The standard InChI is InChI=1S/C15H19N5O2S/c1-9-8-23-12(16-9)7-20-6-2-3-11(20)15-18-13(19-22-15)14(21)17-10-4-5-10/h8,10-11H,2-7H2,1H3,(H,17,21). The molecule has 1 N–H and O–H groups in total. The van der Waals surface area contributed by atoms with E-state index in [0.29, 0.717) is 11.9 Å². The van der Waals surface area contributed by atoms with Crippen molar-refractivity contribution >= 4 is 17.2 Å². The van der Waals surface area contributed by atoms with E-state index in [1.54, 1.807) is 11.3 Å². The Morgan fingerprint density at radius 1 is 1.43 bits per heavy atom. The second-order valence-electron chi connectivity index (χ2n) is 6.22. The highest BCUT2D eigenvalue weighted by Gasteiger charge is 2.33. The third-order valence-electron chi connectivity index (χ3n) is 4.21. The predicted molar refractivity (Wildman–Crippen MR) is 84.0 cm³/mol. The maximum absolute atomic E-state index is 12.0. The van der Waals surface area contributed by atoms with E-state index >= 15 is 0 Å². The van der Waals surface area contributed by atoms with Gasteiger partial charge in [0.05, 0.1) is 12.6 Å². The van der Waals surface area contributed by atoms with E-state index in [1.165, 1.54) is 0 Å². The molecule has 1 aliphatic heterocycles. The minimum atomic E-state index is -0.234. The Kier molecular flexibility index (Phi) is 3.86. The van der Waals surface area contributed by atoms with E-state index in [0.717, 1.165) is 49.5 Å². The summed E-state index contributed by atoms with van der Waals surface area (Å²) in [6, 6.07) is 0.370. The molecule has 4 rings (SSSR count). The number of nitrogens with zero attached hydrogens (tertiary/aromatic N) is 4. The minimum absolute atomic E-state index is 0.0779. The van der Waals surface area contributed by atoms with Gasteiger partial charge in [-0.1, -0.05) is 5.16 Å². The molecule has 0 radical (unpaired) electrons. The number of carbonyl (C=O) groups excluding carboxylic acids is 1. The molecule has 2 aromatic heterocycles. The second-order valence-corrected chi connectivity index (χ2v) is 7.16. The van der Waals surface area contributed by atoms with E-state index in [9.17, 15) is 4.79 Å². The van der Waals surface area contributed by atoms with Gasteiger partial charge in [-0.25, -0.2) is 4.98 Å². The van der Waals surface area contributed by atoms with Gasteiger partial charge in [-0.3, -0.25) is 9.69 Å². The lowest BCUT2D eigenvalue weighted by Gasteiger charge is -2.19. The molecule has 0 spiro atoms. The van der Waals surface area contributed by atoms with Crippen molar-refractivity contribution in [1.82, 2.24) is 25.3 Å². The minimum Gasteiger partial charge on any atom is -0.346 e. The summed E-state index contributed by atoms with van der Waals surface area (Å²) in [6.45, 7) is 3.77. The number of aromatic nitrogens is 3. The Labute approximate surface area is 138 Å². The molecule has 1 aliphatic carbocycles. The summed E-state index contributed by atoms with van der Waals surface area (Å²) in [7, 11) is 0. The van der Waals surface area contributed by atoms with Gasteiger partial charge in [0.2, 0.25) is 5.89 Å². The van der Waals surface area contributed by atoms with Gasteiger partial charge in [0.25, 0.3) is 11.7 Å². The van der Waals surface area contributed by atoms with E-state index in [2.05, 4.69) is 30.7 Å². The first-order valence-electron chi connectivity index (χ1n) is 7.98. The average molecular weight is 333 g/mol. The van der Waals surface area contributed by atoms with E-state index in [4.69, 9.17) is 4.52 Å². The highest BCUT2D eigenvalue weighted by atomic mass is 32.1. The number of hydrogen-bond acceptors (Lipinski definition) is 7. The summed E-state index contributed by atoms with van der Waals surface area (Å²) >= 11 is 1.67. The Morgan fingerprint density at radius 3 is 3.04 bits per heavy atom. The summed E-state index contributed by atoms with van der Waals surface area (Å²) in [5.41, 5.74) is 1.05. The highest BCUT2D eigenvalue weighted by Crippen LogP contribution is 2.32. The molecule has 0 bridgehead atoms. The molecule has 23 heavy (non-hydrogen) atoms. The van der Waals surface area contributed by atoms with Crippen LogP contribution in [0.15, 0.2) is 9.90 Å². The number of likely N-dealkylation sites (tertiary alicyclic amines) is 1. The van der Waals surface area contributed by atoms with Crippen LogP contribution in [0.1, 0.15) is 58.9 Å². The lowest BCUT2D eigenvalue weighted by Crippen LogP contribution is -2.27. The number of thiazole rings is 1. The Morgan fingerprint density at radius 2 is 2.30 bits per heavy atom. The molecular formula is C15H19N5O2S. The molecule has 7 nitrogen and oxygen atoms in total. The summed E-state index contributed by atoms with van der Waals surface area (Å²) in [5.74, 6) is 0.447. The van der Waals surface area contributed by atoms with Gasteiger partial charge in [0.15, 0.2) is 0 Å². The number of carbonyl (C=O) groups is 1. The van der Waals surface area contributed by atoms with Crippen molar-refractivity contribution in [2.45, 2.75) is 51.2 Å². The largest absolute Gasteiger partial charge is 0.346 e. The summed E-state index contributed by atoms with van der Waals surface area (Å²) in [5, 5.41) is 9.89. The van der Waals surface area contributed by atoms with Gasteiger partial charge in [-0.05, 0) is 39.2 Å². The topological polar surface area (TPSA) is 84.2 Å². The monoisotopic (exact) mass is 333 g/mol. The third-order valence-corrected chi connectivity index (χ3v) is 5.16. The van der Waals surface area contributed by atoms with Crippen LogP contribution in [0.5, 0.6) is 0 Å².